The molecule has 2 rings (SSSR count). The van der Waals surface area contributed by atoms with Crippen molar-refractivity contribution >= 4 is 29.1 Å². The van der Waals surface area contributed by atoms with E-state index in [1.807, 2.05) is 0 Å². The minimum Gasteiger partial charge on any atom is -0.619 e. The van der Waals surface area contributed by atoms with Crippen LogP contribution in [0.2, 0.25) is 0 Å². The van der Waals surface area contributed by atoms with E-state index in [2.05, 4.69) is 5.32 Å². The highest BCUT2D eigenvalue weighted by atomic mass is 35.5. The van der Waals surface area contributed by atoms with Crippen LogP contribution in [0.5, 0.6) is 0 Å². The molecule has 2 aromatic rings. The monoisotopic (exact) mass is 372 g/mol. The first-order chi connectivity index (χ1) is 11.4. The van der Waals surface area contributed by atoms with E-state index in [1.165, 1.54) is 12.4 Å². The fourth-order valence-corrected chi connectivity index (χ4v) is 2.30. The van der Waals surface area contributed by atoms with Gasteiger partial charge in [0, 0.05) is 11.6 Å². The van der Waals surface area contributed by atoms with Gasteiger partial charge in [-0.2, -0.15) is 4.73 Å². The lowest BCUT2D eigenvalue weighted by Gasteiger charge is -2.22. The number of hydrogen-bond acceptors (Lipinski definition) is 3. The molecule has 1 heterocycles. The quantitative estimate of drug-likeness (QED) is 0.464. The molecule has 0 saturated heterocycles. The van der Waals surface area contributed by atoms with Crippen molar-refractivity contribution < 1.29 is 19.0 Å². The molecule has 0 aliphatic heterocycles. The molecule has 1 aromatic heterocycles. The first-order valence-electron chi connectivity index (χ1n) is 7.04. The molecule has 0 fully saturated rings. The third-order valence-electron chi connectivity index (χ3n) is 3.43. The van der Waals surface area contributed by atoms with Gasteiger partial charge in [0.05, 0.1) is 6.04 Å². The molecule has 0 aliphatic rings. The van der Waals surface area contributed by atoms with Gasteiger partial charge in [-0.15, -0.1) is 0 Å². The second kappa shape index (κ2) is 8.28. The Kier molecular flexibility index (Phi) is 6.36. The van der Waals surface area contributed by atoms with E-state index in [0.717, 1.165) is 5.56 Å². The first-order valence-corrected chi connectivity index (χ1v) is 7.91. The third kappa shape index (κ3) is 4.56. The number of hydrogen-bond donors (Lipinski definition) is 2. The van der Waals surface area contributed by atoms with E-state index < -0.39 is 29.6 Å². The number of alkyl halides is 3. The fourth-order valence-electron chi connectivity index (χ4n) is 2.18. The second-order valence-corrected chi connectivity index (χ2v) is 6.19. The molecule has 2 unspecified atom stereocenters. The number of carbonyl (C=O) groups excluding carboxylic acids is 1. The Morgan fingerprint density at radius 2 is 1.92 bits per heavy atom. The molecule has 1 aromatic carbocycles. The zero-order valence-corrected chi connectivity index (χ0v) is 13.9. The number of aromatic nitrogens is 1. The number of nitrogens with zero attached hydrogens (tertiary/aromatic N) is 1. The largest absolute Gasteiger partial charge is 0.619 e. The molecule has 0 aliphatic carbocycles. The normalized spacial score (nSPS) is 13.5. The lowest BCUT2D eigenvalue weighted by atomic mass is 9.99. The number of aliphatic hydroxyl groups is 1. The van der Waals surface area contributed by atoms with Crippen LogP contribution in [0.3, 0.4) is 0 Å². The van der Waals surface area contributed by atoms with Gasteiger partial charge in [-0.05, 0) is 17.2 Å². The fraction of sp³-hybridized carbons (Fsp3) is 0.250. The second-order valence-electron chi connectivity index (χ2n) is 5.09. The molecule has 24 heavy (non-hydrogen) atoms. The van der Waals surface area contributed by atoms with E-state index in [1.54, 1.807) is 36.4 Å². The summed E-state index contributed by atoms with van der Waals surface area (Å²) in [7, 11) is 0. The number of nitrogens with one attached hydrogen (secondary N) is 1. The molecule has 0 radical (unpaired) electrons. The lowest BCUT2D eigenvalue weighted by molar-refractivity contribution is -0.604. The summed E-state index contributed by atoms with van der Waals surface area (Å²) in [5.41, 5.74) is 1.88. The molecule has 5 nitrogen and oxygen atoms in total. The van der Waals surface area contributed by atoms with Crippen LogP contribution in [0.4, 0.5) is 4.39 Å². The highest BCUT2D eigenvalue weighted by molar-refractivity contribution is 6.53. The Balaban J connectivity index is 2.15. The third-order valence-corrected chi connectivity index (χ3v) is 3.83. The first kappa shape index (κ1) is 18.4. The van der Waals surface area contributed by atoms with Gasteiger partial charge in [0.2, 0.25) is 0 Å². The lowest BCUT2D eigenvalue weighted by Crippen LogP contribution is -2.43. The van der Waals surface area contributed by atoms with Crippen LogP contribution in [-0.2, 0) is 4.79 Å². The molecule has 128 valence electrons. The number of aliphatic hydroxyl groups excluding tert-OH is 1. The summed E-state index contributed by atoms with van der Waals surface area (Å²) in [5, 5.41) is 23.8. The smallest absolute Gasteiger partial charge is 0.253 e. The Morgan fingerprint density at radius 3 is 2.46 bits per heavy atom. The molecule has 2 atom stereocenters. The zero-order valence-electron chi connectivity index (χ0n) is 12.4. The molecular formula is C16H15Cl2FN2O3. The number of pyridine rings is 1. The van der Waals surface area contributed by atoms with Gasteiger partial charge < -0.3 is 15.6 Å². The van der Waals surface area contributed by atoms with Crippen LogP contribution in [0.15, 0.2) is 48.8 Å². The van der Waals surface area contributed by atoms with Crippen molar-refractivity contribution in [1.29, 1.82) is 0 Å². The molecule has 0 spiro atoms. The molecule has 8 heteroatoms. The summed E-state index contributed by atoms with van der Waals surface area (Å²) >= 11 is 10.8. The van der Waals surface area contributed by atoms with Crippen LogP contribution < -0.4 is 10.0 Å². The summed E-state index contributed by atoms with van der Waals surface area (Å²) in [5.74, 6) is -0.777. The van der Waals surface area contributed by atoms with Crippen molar-refractivity contribution in [3.05, 3.63) is 59.6 Å². The Morgan fingerprint density at radius 1 is 1.25 bits per heavy atom. The standard InChI is InChI=1S/C16H15Cl2FN2O3/c17-15(18)16(23)20-13(8-19)14(22)11-5-3-10(4-6-11)12-2-1-7-21(24)9-12/h1-7,9,13-15,22H,8H2,(H,20,23). The van der Waals surface area contributed by atoms with Crippen LogP contribution in [0, 0.1) is 5.21 Å². The average Bonchev–Trinajstić information content (AvgIpc) is 2.59. The van der Waals surface area contributed by atoms with E-state index in [0.29, 0.717) is 15.9 Å². The molecule has 1 amide bonds. The maximum atomic E-state index is 13.1. The van der Waals surface area contributed by atoms with E-state index >= 15 is 0 Å². The summed E-state index contributed by atoms with van der Waals surface area (Å²) in [6.07, 6.45) is 1.52. The van der Waals surface area contributed by atoms with Gasteiger partial charge in [0.1, 0.15) is 12.8 Å². The van der Waals surface area contributed by atoms with Gasteiger partial charge in [0.25, 0.3) is 5.91 Å². The number of amides is 1. The zero-order chi connectivity index (χ0) is 17.7. The predicted molar refractivity (Wildman–Crippen MR) is 89.2 cm³/mol. The summed E-state index contributed by atoms with van der Waals surface area (Å²) in [4.78, 5) is 10.1. The van der Waals surface area contributed by atoms with E-state index in [9.17, 15) is 19.5 Å². The number of rotatable bonds is 6. The van der Waals surface area contributed by atoms with Gasteiger partial charge in [-0.25, -0.2) is 4.39 Å². The van der Waals surface area contributed by atoms with Gasteiger partial charge in [0.15, 0.2) is 17.2 Å². The van der Waals surface area contributed by atoms with Crippen molar-refractivity contribution in [2.24, 2.45) is 0 Å². The number of halogens is 3. The van der Waals surface area contributed by atoms with Crippen molar-refractivity contribution in [3.63, 3.8) is 0 Å². The number of carbonyl (C=O) groups is 1. The maximum Gasteiger partial charge on any atom is 0.253 e. The van der Waals surface area contributed by atoms with Gasteiger partial charge >= 0.3 is 0 Å². The summed E-state index contributed by atoms with van der Waals surface area (Å²) < 4.78 is 13.8. The van der Waals surface area contributed by atoms with Gasteiger partial charge in [-0.1, -0.05) is 47.5 Å². The van der Waals surface area contributed by atoms with Crippen LogP contribution in [-0.4, -0.2) is 28.6 Å². The Bertz CT molecular complexity index is 698. The van der Waals surface area contributed by atoms with Gasteiger partial charge in [-0.3, -0.25) is 4.79 Å². The predicted octanol–water partition coefficient (Wildman–Crippen LogP) is 2.28. The van der Waals surface area contributed by atoms with Crippen LogP contribution in [0.25, 0.3) is 11.1 Å². The maximum absolute atomic E-state index is 13.1. The Hall–Kier alpha value is -1.89. The Labute approximate surface area is 148 Å². The minimum absolute atomic E-state index is 0.410. The molecule has 0 bridgehead atoms. The van der Waals surface area contributed by atoms with Crippen LogP contribution >= 0.6 is 23.2 Å². The highest BCUT2D eigenvalue weighted by Gasteiger charge is 2.25. The van der Waals surface area contributed by atoms with Crippen molar-refractivity contribution in [1.82, 2.24) is 5.32 Å². The SMILES string of the molecule is O=C(NC(CF)C(O)c1ccc(-c2ccc[n+]([O-])c2)cc1)C(Cl)Cl. The molecule has 2 N–H and O–H groups in total. The van der Waals surface area contributed by atoms with E-state index in [4.69, 9.17) is 23.2 Å². The molecule has 0 saturated carbocycles. The number of benzene rings is 1. The van der Waals surface area contributed by atoms with Crippen LogP contribution in [0.1, 0.15) is 11.7 Å². The minimum atomic E-state index is -1.34. The molecular weight excluding hydrogens is 358 g/mol. The van der Waals surface area contributed by atoms with E-state index in [-0.39, 0.29) is 0 Å². The van der Waals surface area contributed by atoms with Crippen molar-refractivity contribution in [2.45, 2.75) is 17.0 Å². The highest BCUT2D eigenvalue weighted by Crippen LogP contribution is 2.23. The van der Waals surface area contributed by atoms with Crippen molar-refractivity contribution in [2.75, 3.05) is 6.67 Å². The topological polar surface area (TPSA) is 76.3 Å². The van der Waals surface area contributed by atoms with Crippen molar-refractivity contribution in [3.8, 4) is 11.1 Å². The summed E-state index contributed by atoms with van der Waals surface area (Å²) in [6.45, 7) is -0.982. The summed E-state index contributed by atoms with van der Waals surface area (Å²) in [6, 6.07) is 8.79. The average molecular weight is 373 g/mol.